The Bertz CT molecular complexity index is 1260. The minimum absolute atomic E-state index is 0.00311. The quantitative estimate of drug-likeness (QED) is 0.428. The number of carbonyl (C=O) groups is 1. The summed E-state index contributed by atoms with van der Waals surface area (Å²) in [6, 6.07) is 19.9. The molecule has 1 aromatic heterocycles. The third-order valence-corrected chi connectivity index (χ3v) is 6.02. The number of ether oxygens (including phenoxy) is 1. The van der Waals surface area contributed by atoms with Crippen molar-refractivity contribution in [3.8, 4) is 5.75 Å². The lowest BCUT2D eigenvalue weighted by atomic mass is 10.2. The number of hydrogen-bond acceptors (Lipinski definition) is 4. The van der Waals surface area contributed by atoms with E-state index in [-0.39, 0.29) is 10.8 Å². The van der Waals surface area contributed by atoms with Crippen molar-refractivity contribution in [1.82, 2.24) is 4.57 Å². The molecule has 0 atom stereocenters. The fourth-order valence-electron chi connectivity index (χ4n) is 3.13. The molecule has 4 rings (SSSR count). The van der Waals surface area contributed by atoms with Gasteiger partial charge in [-0.05, 0) is 55.5 Å². The van der Waals surface area contributed by atoms with E-state index in [4.69, 9.17) is 16.3 Å². The van der Waals surface area contributed by atoms with Crippen molar-refractivity contribution in [1.29, 1.82) is 0 Å². The summed E-state index contributed by atoms with van der Waals surface area (Å²) in [6.07, 6.45) is 0. The van der Waals surface area contributed by atoms with Gasteiger partial charge in [-0.3, -0.25) is 14.2 Å². The molecule has 3 aromatic carbocycles. The molecule has 0 fully saturated rings. The summed E-state index contributed by atoms with van der Waals surface area (Å²) < 4.78 is 8.32. The highest BCUT2D eigenvalue weighted by Crippen LogP contribution is 2.23. The van der Waals surface area contributed by atoms with Crippen LogP contribution in [0.2, 0.25) is 5.02 Å². The second-order valence-electron chi connectivity index (χ2n) is 6.65. The third kappa shape index (κ3) is 4.25. The number of anilines is 1. The molecule has 0 unspecified atom stereocenters. The molecule has 0 bridgehead atoms. The van der Waals surface area contributed by atoms with Crippen molar-refractivity contribution >= 4 is 44.7 Å². The van der Waals surface area contributed by atoms with Crippen LogP contribution < -0.4 is 14.9 Å². The Hall–Kier alpha value is -3.09. The van der Waals surface area contributed by atoms with Crippen LogP contribution in [0, 0.1) is 0 Å². The van der Waals surface area contributed by atoms with Gasteiger partial charge < -0.3 is 10.1 Å². The zero-order valence-corrected chi connectivity index (χ0v) is 17.8. The number of aromatic nitrogens is 1. The number of fused-ring (bicyclic) bond motifs is 1. The van der Waals surface area contributed by atoms with Gasteiger partial charge in [-0.15, -0.1) is 0 Å². The average Bonchev–Trinajstić information content (AvgIpc) is 3.07. The molecule has 1 amide bonds. The van der Waals surface area contributed by atoms with E-state index in [0.717, 1.165) is 15.8 Å². The first-order chi connectivity index (χ1) is 14.5. The summed E-state index contributed by atoms with van der Waals surface area (Å²) >= 11 is 7.32. The molecule has 0 radical (unpaired) electrons. The normalized spacial score (nSPS) is 10.9. The van der Waals surface area contributed by atoms with Crippen molar-refractivity contribution < 1.29 is 9.53 Å². The molecule has 0 saturated carbocycles. The summed E-state index contributed by atoms with van der Waals surface area (Å²) in [7, 11) is 0. The number of benzene rings is 3. The Balaban J connectivity index is 1.43. The lowest BCUT2D eigenvalue weighted by Crippen LogP contribution is -2.12. The van der Waals surface area contributed by atoms with E-state index < -0.39 is 0 Å². The number of rotatable bonds is 6. The number of nitrogens with zero attached hydrogens (tertiary/aromatic N) is 1. The van der Waals surface area contributed by atoms with E-state index >= 15 is 0 Å². The van der Waals surface area contributed by atoms with Crippen LogP contribution in [0.1, 0.15) is 22.8 Å². The summed E-state index contributed by atoms with van der Waals surface area (Å²) in [5.74, 6) is 0.424. The van der Waals surface area contributed by atoms with Gasteiger partial charge in [0.2, 0.25) is 0 Å². The first kappa shape index (κ1) is 20.2. The maximum absolute atomic E-state index is 12.6. The first-order valence-electron chi connectivity index (χ1n) is 9.46. The van der Waals surface area contributed by atoms with Gasteiger partial charge in [-0.1, -0.05) is 41.1 Å². The van der Waals surface area contributed by atoms with Gasteiger partial charge in [0.05, 0.1) is 10.2 Å². The molecule has 30 heavy (non-hydrogen) atoms. The smallest absolute Gasteiger partial charge is 0.308 e. The molecule has 0 saturated heterocycles. The molecule has 1 heterocycles. The van der Waals surface area contributed by atoms with E-state index in [1.54, 1.807) is 34.9 Å². The maximum Gasteiger partial charge on any atom is 0.308 e. The van der Waals surface area contributed by atoms with Crippen molar-refractivity contribution in [2.75, 3.05) is 5.32 Å². The molecule has 152 valence electrons. The largest absolute Gasteiger partial charge is 0.489 e. The van der Waals surface area contributed by atoms with Gasteiger partial charge in [0.1, 0.15) is 12.4 Å². The van der Waals surface area contributed by atoms with Gasteiger partial charge >= 0.3 is 4.87 Å². The number of hydrogen-bond donors (Lipinski definition) is 1. The minimum atomic E-state index is -0.228. The van der Waals surface area contributed by atoms with Gasteiger partial charge in [-0.2, -0.15) is 0 Å². The summed E-state index contributed by atoms with van der Waals surface area (Å²) in [5.41, 5.74) is 2.94. The van der Waals surface area contributed by atoms with Gasteiger partial charge in [0, 0.05) is 28.4 Å². The van der Waals surface area contributed by atoms with Crippen LogP contribution in [0.4, 0.5) is 5.69 Å². The zero-order chi connectivity index (χ0) is 21.1. The lowest BCUT2D eigenvalue weighted by Gasteiger charge is -2.09. The maximum atomic E-state index is 12.6. The average molecular weight is 439 g/mol. The number of nitrogens with one attached hydrogen (secondary N) is 1. The molecule has 7 heteroatoms. The van der Waals surface area contributed by atoms with Crippen molar-refractivity contribution in [2.45, 2.75) is 20.1 Å². The third-order valence-electron chi connectivity index (χ3n) is 4.71. The van der Waals surface area contributed by atoms with Gasteiger partial charge in [-0.25, -0.2) is 0 Å². The molecule has 0 aliphatic rings. The van der Waals surface area contributed by atoms with Crippen molar-refractivity contribution in [3.05, 3.63) is 92.5 Å². The number of carbonyl (C=O) groups excluding carboxylic acids is 1. The van der Waals surface area contributed by atoms with Gasteiger partial charge in [0.25, 0.3) is 5.91 Å². The van der Waals surface area contributed by atoms with Crippen LogP contribution in [0.3, 0.4) is 0 Å². The van der Waals surface area contributed by atoms with Crippen LogP contribution in [0.5, 0.6) is 5.75 Å². The highest BCUT2D eigenvalue weighted by Gasteiger charge is 2.10. The standard InChI is InChI=1S/C23H19ClN2O3S/c1-2-26-20-12-9-17(13-21(20)30-23(26)28)25-22(27)15-7-10-18(11-8-15)29-14-16-5-3-4-6-19(16)24/h3-13H,2,14H2,1H3,(H,25,27). The van der Waals surface area contributed by atoms with Gasteiger partial charge in [0.15, 0.2) is 0 Å². The predicted octanol–water partition coefficient (Wildman–Crippen LogP) is 5.57. The number of thiazole rings is 1. The molecule has 4 aromatic rings. The Morgan fingerprint density at radius 1 is 1.10 bits per heavy atom. The fraction of sp³-hybridized carbons (Fsp3) is 0.130. The Morgan fingerprint density at radius 3 is 2.60 bits per heavy atom. The molecule has 0 aliphatic heterocycles. The highest BCUT2D eigenvalue weighted by atomic mass is 35.5. The first-order valence-corrected chi connectivity index (χ1v) is 10.7. The van der Waals surface area contributed by atoms with Crippen LogP contribution in [-0.2, 0) is 13.2 Å². The van der Waals surface area contributed by atoms with Crippen LogP contribution in [0.15, 0.2) is 71.5 Å². The lowest BCUT2D eigenvalue weighted by molar-refractivity contribution is 0.102. The molecular weight excluding hydrogens is 420 g/mol. The summed E-state index contributed by atoms with van der Waals surface area (Å²) in [6.45, 7) is 2.91. The van der Waals surface area contributed by atoms with Crippen LogP contribution in [-0.4, -0.2) is 10.5 Å². The second kappa shape index (κ2) is 8.73. The number of halogens is 1. The van der Waals surface area contributed by atoms with Crippen molar-refractivity contribution in [3.63, 3.8) is 0 Å². The molecule has 0 spiro atoms. The van der Waals surface area contributed by atoms with Crippen molar-refractivity contribution in [2.24, 2.45) is 0 Å². The molecule has 5 nitrogen and oxygen atoms in total. The van der Waals surface area contributed by atoms with E-state index in [0.29, 0.717) is 35.2 Å². The number of aryl methyl sites for hydroxylation is 1. The topological polar surface area (TPSA) is 60.3 Å². The fourth-order valence-corrected chi connectivity index (χ4v) is 4.31. The molecule has 1 N–H and O–H groups in total. The molecular formula is C23H19ClN2O3S. The summed E-state index contributed by atoms with van der Waals surface area (Å²) in [5, 5.41) is 3.54. The van der Waals surface area contributed by atoms with Crippen LogP contribution >= 0.6 is 22.9 Å². The van der Waals surface area contributed by atoms with E-state index in [1.165, 1.54) is 11.3 Å². The van der Waals surface area contributed by atoms with E-state index in [2.05, 4.69) is 5.32 Å². The minimum Gasteiger partial charge on any atom is -0.489 e. The predicted molar refractivity (Wildman–Crippen MR) is 122 cm³/mol. The highest BCUT2D eigenvalue weighted by molar-refractivity contribution is 7.16. The van der Waals surface area contributed by atoms with E-state index in [9.17, 15) is 9.59 Å². The number of amides is 1. The zero-order valence-electron chi connectivity index (χ0n) is 16.2. The summed E-state index contributed by atoms with van der Waals surface area (Å²) in [4.78, 5) is 24.6. The monoisotopic (exact) mass is 438 g/mol. The SMILES string of the molecule is CCn1c(=O)sc2cc(NC(=O)c3ccc(OCc4ccccc4Cl)cc3)ccc21. The van der Waals surface area contributed by atoms with E-state index in [1.807, 2.05) is 43.3 Å². The molecule has 0 aliphatic carbocycles. The Kier molecular flexibility index (Phi) is 5.88. The Morgan fingerprint density at radius 2 is 1.87 bits per heavy atom. The second-order valence-corrected chi connectivity index (χ2v) is 8.05. The van der Waals surface area contributed by atoms with Crippen LogP contribution in [0.25, 0.3) is 10.2 Å². The Labute approximate surface area is 182 Å².